The molecule has 0 aliphatic carbocycles. The Morgan fingerprint density at radius 3 is 2.47 bits per heavy atom. The van der Waals surface area contributed by atoms with Crippen LogP contribution >= 0.6 is 0 Å². The van der Waals surface area contributed by atoms with Crippen molar-refractivity contribution in [2.75, 3.05) is 0 Å². The van der Waals surface area contributed by atoms with Gasteiger partial charge in [0.2, 0.25) is 5.91 Å². The molecule has 0 saturated carbocycles. The molecule has 1 aromatic carbocycles. The zero-order valence-electron chi connectivity index (χ0n) is 9.45. The van der Waals surface area contributed by atoms with E-state index in [9.17, 15) is 14.0 Å². The topological polar surface area (TPSA) is 92.4 Å². The number of phenols is 1. The second-order valence-corrected chi connectivity index (χ2v) is 4.11. The minimum Gasteiger partial charge on any atom is -0.508 e. The first-order chi connectivity index (χ1) is 7.74. The molecule has 0 aliphatic rings. The van der Waals surface area contributed by atoms with Gasteiger partial charge in [-0.25, -0.2) is 4.39 Å². The van der Waals surface area contributed by atoms with Crippen LogP contribution in [0.5, 0.6) is 5.75 Å². The number of hydrogen-bond acceptors (Lipinski definition) is 3. The SMILES string of the molecule is CC(C)(NC(=O)c1ccc(O)cc1F)C(N)=O. The lowest BCUT2D eigenvalue weighted by molar-refractivity contribution is -0.122. The molecular formula is C11H13FN2O3. The van der Waals surface area contributed by atoms with Gasteiger partial charge in [0.1, 0.15) is 17.1 Å². The highest BCUT2D eigenvalue weighted by Crippen LogP contribution is 2.15. The van der Waals surface area contributed by atoms with Gasteiger partial charge in [0, 0.05) is 6.07 Å². The minimum atomic E-state index is -1.28. The number of carbonyl (C=O) groups excluding carboxylic acids is 2. The Morgan fingerprint density at radius 2 is 2.00 bits per heavy atom. The van der Waals surface area contributed by atoms with E-state index in [0.29, 0.717) is 0 Å². The Morgan fingerprint density at radius 1 is 1.41 bits per heavy atom. The normalized spacial score (nSPS) is 11.0. The first-order valence-electron chi connectivity index (χ1n) is 4.85. The standard InChI is InChI=1S/C11H13FN2O3/c1-11(2,10(13)17)14-9(16)7-4-3-6(15)5-8(7)12/h3-5,15H,1-2H3,(H2,13,17)(H,14,16). The van der Waals surface area contributed by atoms with Crippen molar-refractivity contribution in [2.45, 2.75) is 19.4 Å². The van der Waals surface area contributed by atoms with Gasteiger partial charge in [0.05, 0.1) is 5.56 Å². The predicted molar refractivity (Wildman–Crippen MR) is 58.8 cm³/mol. The number of primary amides is 1. The summed E-state index contributed by atoms with van der Waals surface area (Å²) >= 11 is 0. The van der Waals surface area contributed by atoms with E-state index >= 15 is 0 Å². The lowest BCUT2D eigenvalue weighted by atomic mass is 10.0. The number of carbonyl (C=O) groups is 2. The van der Waals surface area contributed by atoms with Gasteiger partial charge in [-0.3, -0.25) is 9.59 Å². The summed E-state index contributed by atoms with van der Waals surface area (Å²) < 4.78 is 13.3. The molecule has 0 unspecified atom stereocenters. The molecule has 92 valence electrons. The van der Waals surface area contributed by atoms with Crippen LogP contribution < -0.4 is 11.1 Å². The first kappa shape index (κ1) is 13.0. The third kappa shape index (κ3) is 2.93. The van der Waals surface area contributed by atoms with Crippen LogP contribution in [0.2, 0.25) is 0 Å². The number of halogens is 1. The van der Waals surface area contributed by atoms with E-state index in [-0.39, 0.29) is 11.3 Å². The molecule has 0 saturated heterocycles. The average Bonchev–Trinajstić information content (AvgIpc) is 2.15. The number of phenolic OH excluding ortho intramolecular Hbond substituents is 1. The van der Waals surface area contributed by atoms with E-state index in [1.54, 1.807) is 0 Å². The van der Waals surface area contributed by atoms with Crippen LogP contribution in [-0.2, 0) is 4.79 Å². The van der Waals surface area contributed by atoms with E-state index in [2.05, 4.69) is 5.32 Å². The maximum atomic E-state index is 13.3. The van der Waals surface area contributed by atoms with E-state index in [1.165, 1.54) is 19.9 Å². The van der Waals surface area contributed by atoms with Crippen molar-refractivity contribution in [3.05, 3.63) is 29.6 Å². The second-order valence-electron chi connectivity index (χ2n) is 4.11. The molecule has 2 amide bonds. The van der Waals surface area contributed by atoms with E-state index in [4.69, 9.17) is 10.8 Å². The van der Waals surface area contributed by atoms with Crippen molar-refractivity contribution in [3.8, 4) is 5.75 Å². The molecule has 0 heterocycles. The molecule has 0 spiro atoms. The third-order valence-corrected chi connectivity index (χ3v) is 2.24. The number of nitrogens with one attached hydrogen (secondary N) is 1. The molecule has 0 radical (unpaired) electrons. The molecular weight excluding hydrogens is 227 g/mol. The van der Waals surface area contributed by atoms with Crippen LogP contribution in [0.15, 0.2) is 18.2 Å². The second kappa shape index (κ2) is 4.40. The van der Waals surface area contributed by atoms with Gasteiger partial charge < -0.3 is 16.2 Å². The van der Waals surface area contributed by atoms with Crippen molar-refractivity contribution < 1.29 is 19.1 Å². The van der Waals surface area contributed by atoms with Crippen molar-refractivity contribution in [3.63, 3.8) is 0 Å². The molecule has 0 bridgehead atoms. The summed E-state index contributed by atoms with van der Waals surface area (Å²) in [5.41, 5.74) is 3.53. The number of amides is 2. The predicted octanol–water partition coefficient (Wildman–Crippen LogP) is 0.525. The van der Waals surface area contributed by atoms with Crippen molar-refractivity contribution in [1.82, 2.24) is 5.32 Å². The molecule has 0 aromatic heterocycles. The van der Waals surface area contributed by atoms with Gasteiger partial charge in [-0.1, -0.05) is 0 Å². The molecule has 17 heavy (non-hydrogen) atoms. The van der Waals surface area contributed by atoms with Gasteiger partial charge in [0.15, 0.2) is 0 Å². The summed E-state index contributed by atoms with van der Waals surface area (Å²) in [4.78, 5) is 22.7. The van der Waals surface area contributed by atoms with Crippen LogP contribution in [0, 0.1) is 5.82 Å². The van der Waals surface area contributed by atoms with Crippen LogP contribution in [0.1, 0.15) is 24.2 Å². The van der Waals surface area contributed by atoms with E-state index in [1.807, 2.05) is 0 Å². The molecule has 1 aromatic rings. The minimum absolute atomic E-state index is 0.267. The average molecular weight is 240 g/mol. The summed E-state index contributed by atoms with van der Waals surface area (Å²) in [6.45, 7) is 2.82. The van der Waals surface area contributed by atoms with Crippen LogP contribution in [-0.4, -0.2) is 22.5 Å². The van der Waals surface area contributed by atoms with Gasteiger partial charge in [-0.15, -0.1) is 0 Å². The Hall–Kier alpha value is -2.11. The van der Waals surface area contributed by atoms with E-state index in [0.717, 1.165) is 12.1 Å². The largest absolute Gasteiger partial charge is 0.508 e. The number of hydrogen-bond donors (Lipinski definition) is 3. The molecule has 1 rings (SSSR count). The lowest BCUT2D eigenvalue weighted by Crippen LogP contribution is -2.53. The van der Waals surface area contributed by atoms with Crippen molar-refractivity contribution in [1.29, 1.82) is 0 Å². The van der Waals surface area contributed by atoms with E-state index < -0.39 is 23.2 Å². The Kier molecular flexibility index (Phi) is 3.36. The lowest BCUT2D eigenvalue weighted by Gasteiger charge is -2.22. The molecule has 0 atom stereocenters. The van der Waals surface area contributed by atoms with Gasteiger partial charge in [-0.2, -0.15) is 0 Å². The van der Waals surface area contributed by atoms with Crippen LogP contribution in [0.25, 0.3) is 0 Å². The first-order valence-corrected chi connectivity index (χ1v) is 4.85. The van der Waals surface area contributed by atoms with Crippen molar-refractivity contribution >= 4 is 11.8 Å². The Balaban J connectivity index is 2.95. The van der Waals surface area contributed by atoms with Gasteiger partial charge in [-0.05, 0) is 26.0 Å². The van der Waals surface area contributed by atoms with Crippen LogP contribution in [0.4, 0.5) is 4.39 Å². The molecule has 0 aliphatic heterocycles. The molecule has 5 nitrogen and oxygen atoms in total. The highest BCUT2D eigenvalue weighted by molar-refractivity contribution is 5.98. The highest BCUT2D eigenvalue weighted by Gasteiger charge is 2.28. The quantitative estimate of drug-likeness (QED) is 0.719. The summed E-state index contributed by atoms with van der Waals surface area (Å²) in [6.07, 6.45) is 0. The fraction of sp³-hybridized carbons (Fsp3) is 0.273. The fourth-order valence-corrected chi connectivity index (χ4v) is 1.10. The summed E-state index contributed by atoms with van der Waals surface area (Å²) in [7, 11) is 0. The van der Waals surface area contributed by atoms with Crippen LogP contribution in [0.3, 0.4) is 0 Å². The fourth-order valence-electron chi connectivity index (χ4n) is 1.10. The maximum Gasteiger partial charge on any atom is 0.255 e. The maximum absolute atomic E-state index is 13.3. The van der Waals surface area contributed by atoms with Crippen molar-refractivity contribution in [2.24, 2.45) is 5.73 Å². The molecule has 4 N–H and O–H groups in total. The Labute approximate surface area is 97.4 Å². The summed E-state index contributed by atoms with van der Waals surface area (Å²) in [5, 5.41) is 11.3. The van der Waals surface area contributed by atoms with Gasteiger partial charge >= 0.3 is 0 Å². The smallest absolute Gasteiger partial charge is 0.255 e. The number of nitrogens with two attached hydrogens (primary N) is 1. The zero-order valence-corrected chi connectivity index (χ0v) is 9.45. The number of rotatable bonds is 3. The summed E-state index contributed by atoms with van der Waals surface area (Å²) in [5.74, 6) is -2.66. The molecule has 6 heteroatoms. The highest BCUT2D eigenvalue weighted by atomic mass is 19.1. The Bertz CT molecular complexity index is 472. The zero-order chi connectivity index (χ0) is 13.2. The number of benzene rings is 1. The number of aromatic hydroxyl groups is 1. The summed E-state index contributed by atoms with van der Waals surface area (Å²) in [6, 6.07) is 3.11. The third-order valence-electron chi connectivity index (χ3n) is 2.24. The van der Waals surface area contributed by atoms with Gasteiger partial charge in [0.25, 0.3) is 5.91 Å². The monoisotopic (exact) mass is 240 g/mol. The molecule has 0 fully saturated rings.